The van der Waals surface area contributed by atoms with Crippen molar-refractivity contribution in [3.05, 3.63) is 75.1 Å². The van der Waals surface area contributed by atoms with Gasteiger partial charge in [-0.05, 0) is 36.4 Å². The van der Waals surface area contributed by atoms with Gasteiger partial charge in [0.05, 0.1) is 4.88 Å². The van der Waals surface area contributed by atoms with Crippen LogP contribution in [0.15, 0.2) is 41.8 Å². The van der Waals surface area contributed by atoms with Crippen LogP contribution in [0.2, 0.25) is 0 Å². The Bertz CT molecular complexity index is 1080. The summed E-state index contributed by atoms with van der Waals surface area (Å²) in [5.41, 5.74) is 2.49. The van der Waals surface area contributed by atoms with Gasteiger partial charge in [0.25, 0.3) is 5.91 Å². The molecule has 1 atom stereocenters. The molecule has 1 fully saturated rings. The number of amides is 1. The molecule has 1 aromatic carbocycles. The van der Waals surface area contributed by atoms with Gasteiger partial charge in [-0.3, -0.25) is 4.79 Å². The molecule has 1 amide bonds. The average Bonchev–Trinajstić information content (AvgIpc) is 3.35. The number of hydrogen-bond acceptors (Lipinski definition) is 5. The van der Waals surface area contributed by atoms with E-state index in [-0.39, 0.29) is 17.6 Å². The smallest absolute Gasteiger partial charge is 0.264 e. The van der Waals surface area contributed by atoms with Crippen LogP contribution < -0.4 is 4.90 Å². The maximum atomic E-state index is 14.4. The lowest BCUT2D eigenvalue weighted by atomic mass is 10.0. The van der Waals surface area contributed by atoms with E-state index in [4.69, 9.17) is 9.97 Å². The van der Waals surface area contributed by atoms with Gasteiger partial charge in [-0.25, -0.2) is 14.4 Å². The first-order valence-electron chi connectivity index (χ1n) is 11.2. The summed E-state index contributed by atoms with van der Waals surface area (Å²) in [5, 5.41) is 1.93. The fourth-order valence-corrected chi connectivity index (χ4v) is 4.67. The third kappa shape index (κ3) is 4.67. The van der Waals surface area contributed by atoms with Crippen molar-refractivity contribution in [3.8, 4) is 0 Å². The number of nitrogens with zero attached hydrogens (tertiary/aromatic N) is 4. The number of thiophene rings is 1. The normalized spacial score (nSPS) is 15.1. The highest BCUT2D eigenvalue weighted by molar-refractivity contribution is 7.12. The van der Waals surface area contributed by atoms with Crippen molar-refractivity contribution >= 4 is 23.1 Å². The largest absolute Gasteiger partial charge is 0.353 e. The van der Waals surface area contributed by atoms with Crippen LogP contribution in [0.25, 0.3) is 0 Å². The van der Waals surface area contributed by atoms with Crippen LogP contribution >= 0.6 is 11.3 Å². The zero-order chi connectivity index (χ0) is 22.7. The molecule has 3 aromatic rings. The molecule has 0 radical (unpaired) electrons. The predicted octanol–water partition coefficient (Wildman–Crippen LogP) is 5.05. The Morgan fingerprint density at radius 2 is 1.88 bits per heavy atom. The third-order valence-electron chi connectivity index (χ3n) is 6.19. The maximum Gasteiger partial charge on any atom is 0.264 e. The lowest BCUT2D eigenvalue weighted by Crippen LogP contribution is -2.49. The number of benzene rings is 1. The first-order chi connectivity index (χ1) is 15.5. The number of carbonyl (C=O) groups excluding carboxylic acids is 1. The van der Waals surface area contributed by atoms with E-state index >= 15 is 0 Å². The summed E-state index contributed by atoms with van der Waals surface area (Å²) in [5.74, 6) is 1.82. The topological polar surface area (TPSA) is 49.3 Å². The minimum atomic E-state index is -0.213. The number of anilines is 1. The van der Waals surface area contributed by atoms with Crippen LogP contribution in [-0.2, 0) is 6.42 Å². The number of aryl methyl sites for hydroxylation is 1. The minimum absolute atomic E-state index is 0.0883. The van der Waals surface area contributed by atoms with E-state index in [1.165, 1.54) is 17.4 Å². The van der Waals surface area contributed by atoms with E-state index in [2.05, 4.69) is 18.7 Å². The molecule has 1 aliphatic rings. The average molecular weight is 453 g/mol. The van der Waals surface area contributed by atoms with Crippen molar-refractivity contribution in [2.45, 2.75) is 39.5 Å². The molecule has 32 heavy (non-hydrogen) atoms. The lowest BCUT2D eigenvalue weighted by Gasteiger charge is -2.36. The molecule has 0 unspecified atom stereocenters. The van der Waals surface area contributed by atoms with Gasteiger partial charge in [-0.15, -0.1) is 11.3 Å². The lowest BCUT2D eigenvalue weighted by molar-refractivity contribution is 0.0751. The molecular weight excluding hydrogens is 423 g/mol. The first-order valence-corrected chi connectivity index (χ1v) is 12.0. The van der Waals surface area contributed by atoms with Crippen molar-refractivity contribution in [3.63, 3.8) is 0 Å². The van der Waals surface area contributed by atoms with Gasteiger partial charge >= 0.3 is 0 Å². The second kappa shape index (κ2) is 9.77. The zero-order valence-corrected chi connectivity index (χ0v) is 19.7. The predicted molar refractivity (Wildman–Crippen MR) is 127 cm³/mol. The highest BCUT2D eigenvalue weighted by Gasteiger charge is 2.27. The summed E-state index contributed by atoms with van der Waals surface area (Å²) in [7, 11) is 0. The first kappa shape index (κ1) is 22.4. The third-order valence-corrected chi connectivity index (χ3v) is 7.04. The summed E-state index contributed by atoms with van der Waals surface area (Å²) >= 11 is 1.48. The van der Waals surface area contributed by atoms with Gasteiger partial charge < -0.3 is 9.80 Å². The Labute approximate surface area is 192 Å². The van der Waals surface area contributed by atoms with Crippen LogP contribution in [0.5, 0.6) is 0 Å². The van der Waals surface area contributed by atoms with Crippen molar-refractivity contribution in [1.82, 2.24) is 14.9 Å². The van der Waals surface area contributed by atoms with E-state index in [0.29, 0.717) is 38.2 Å². The molecule has 3 heterocycles. The van der Waals surface area contributed by atoms with E-state index < -0.39 is 0 Å². The Kier molecular flexibility index (Phi) is 6.84. The monoisotopic (exact) mass is 452 g/mol. The highest BCUT2D eigenvalue weighted by atomic mass is 32.1. The number of piperazine rings is 1. The van der Waals surface area contributed by atoms with Crippen LogP contribution in [0.3, 0.4) is 0 Å². The van der Waals surface area contributed by atoms with Gasteiger partial charge in [0.15, 0.2) is 0 Å². The maximum absolute atomic E-state index is 14.4. The number of hydrogen-bond donors (Lipinski definition) is 0. The summed E-state index contributed by atoms with van der Waals surface area (Å²) in [6, 6.07) is 10.7. The number of carbonyl (C=O) groups is 1. The van der Waals surface area contributed by atoms with E-state index in [1.54, 1.807) is 6.07 Å². The summed E-state index contributed by atoms with van der Waals surface area (Å²) < 4.78 is 14.4. The molecule has 4 rings (SSSR count). The fraction of sp³-hybridized carbons (Fsp3) is 0.400. The standard InChI is InChI=1S/C25H29FN4OS/c1-4-17(2)23-27-18(3)20(16-19-8-5-6-9-21(19)26)24(28-23)29-11-13-30(14-12-29)25(31)22-10-7-15-32-22/h5-10,15,17H,4,11-14,16H2,1-3H3/t17-/m1/s1. The molecule has 5 nitrogen and oxygen atoms in total. The van der Waals surface area contributed by atoms with Crippen LogP contribution in [0, 0.1) is 12.7 Å². The molecule has 0 saturated carbocycles. The Balaban J connectivity index is 1.62. The van der Waals surface area contributed by atoms with Gasteiger partial charge in [-0.2, -0.15) is 0 Å². The summed E-state index contributed by atoms with van der Waals surface area (Å²) in [4.78, 5) is 27.4. The van der Waals surface area contributed by atoms with Crippen LogP contribution in [-0.4, -0.2) is 47.0 Å². The molecule has 0 aliphatic carbocycles. The molecule has 0 bridgehead atoms. The molecule has 168 valence electrons. The van der Waals surface area contributed by atoms with Crippen LogP contribution in [0.4, 0.5) is 10.2 Å². The van der Waals surface area contributed by atoms with Crippen LogP contribution in [0.1, 0.15) is 58.5 Å². The van der Waals surface area contributed by atoms with Crippen molar-refractivity contribution < 1.29 is 9.18 Å². The van der Waals surface area contributed by atoms with Gasteiger partial charge in [-0.1, -0.05) is 38.1 Å². The highest BCUT2D eigenvalue weighted by Crippen LogP contribution is 2.29. The molecule has 1 saturated heterocycles. The summed E-state index contributed by atoms with van der Waals surface area (Å²) in [6.07, 6.45) is 1.40. The Morgan fingerprint density at radius 1 is 1.12 bits per heavy atom. The SMILES string of the molecule is CC[C@@H](C)c1nc(C)c(Cc2ccccc2F)c(N2CCN(C(=O)c3cccs3)CC2)n1. The molecule has 0 spiro atoms. The Hall–Kier alpha value is -2.80. The molecule has 7 heteroatoms. The summed E-state index contributed by atoms with van der Waals surface area (Å²) in [6.45, 7) is 8.91. The van der Waals surface area contributed by atoms with Gasteiger partial charge in [0, 0.05) is 49.8 Å². The number of halogens is 1. The van der Waals surface area contributed by atoms with Gasteiger partial charge in [0.1, 0.15) is 17.5 Å². The van der Waals surface area contributed by atoms with E-state index in [1.807, 2.05) is 41.5 Å². The number of aromatic nitrogens is 2. The van der Waals surface area contributed by atoms with Gasteiger partial charge in [0.2, 0.25) is 0 Å². The second-order valence-corrected chi connectivity index (χ2v) is 9.25. The molecular formula is C25H29FN4OS. The van der Waals surface area contributed by atoms with Crippen molar-refractivity contribution in [2.75, 3.05) is 31.1 Å². The fourth-order valence-electron chi connectivity index (χ4n) is 3.98. The zero-order valence-electron chi connectivity index (χ0n) is 18.8. The molecule has 2 aromatic heterocycles. The number of rotatable bonds is 6. The van der Waals surface area contributed by atoms with Crippen molar-refractivity contribution in [1.29, 1.82) is 0 Å². The van der Waals surface area contributed by atoms with E-state index in [9.17, 15) is 9.18 Å². The second-order valence-electron chi connectivity index (χ2n) is 8.30. The Morgan fingerprint density at radius 3 is 2.53 bits per heavy atom. The van der Waals surface area contributed by atoms with Crippen molar-refractivity contribution in [2.24, 2.45) is 0 Å². The molecule has 0 N–H and O–H groups in total. The van der Waals surface area contributed by atoms with E-state index in [0.717, 1.165) is 34.2 Å². The quantitative estimate of drug-likeness (QED) is 0.525. The molecule has 1 aliphatic heterocycles. The minimum Gasteiger partial charge on any atom is -0.353 e.